The van der Waals surface area contributed by atoms with Crippen LogP contribution in [0.4, 0.5) is 4.39 Å². The summed E-state index contributed by atoms with van der Waals surface area (Å²) in [6, 6.07) is 8.51. The summed E-state index contributed by atoms with van der Waals surface area (Å²) in [6.45, 7) is 8.69. The van der Waals surface area contributed by atoms with Crippen LogP contribution in [0.5, 0.6) is 0 Å². The number of benzene rings is 1. The van der Waals surface area contributed by atoms with Crippen molar-refractivity contribution in [1.29, 1.82) is 0 Å². The van der Waals surface area contributed by atoms with E-state index in [0.29, 0.717) is 0 Å². The van der Waals surface area contributed by atoms with Crippen LogP contribution < -0.4 is 5.19 Å². The van der Waals surface area contributed by atoms with Crippen LogP contribution in [-0.4, -0.2) is 32.6 Å². The number of hydrogen-bond donors (Lipinski definition) is 0. The number of unbranched alkanes of at least 4 members (excludes halogenated alkanes) is 1. The van der Waals surface area contributed by atoms with E-state index in [-0.39, 0.29) is 5.82 Å². The fourth-order valence-electron chi connectivity index (χ4n) is 3.13. The maximum absolute atomic E-state index is 13.0. The summed E-state index contributed by atoms with van der Waals surface area (Å²) in [4.78, 5) is 2.62. The molecular weight excluding hydrogens is 265 g/mol. The second-order valence-corrected chi connectivity index (χ2v) is 11.6. The molecule has 0 atom stereocenters. The Morgan fingerprint density at radius 1 is 1.00 bits per heavy atom. The van der Waals surface area contributed by atoms with E-state index in [4.69, 9.17) is 0 Å². The van der Waals surface area contributed by atoms with Gasteiger partial charge in [-0.25, -0.2) is 4.39 Å². The molecule has 1 aliphatic rings. The summed E-state index contributed by atoms with van der Waals surface area (Å²) >= 11 is 0. The van der Waals surface area contributed by atoms with E-state index in [9.17, 15) is 4.39 Å². The number of piperidine rings is 1. The number of nitrogens with zero attached hydrogens (tertiary/aromatic N) is 1. The molecule has 3 heteroatoms. The van der Waals surface area contributed by atoms with E-state index in [1.54, 1.807) is 12.1 Å². The fourth-order valence-corrected chi connectivity index (χ4v) is 5.62. The highest BCUT2D eigenvalue weighted by Gasteiger charge is 2.22. The lowest BCUT2D eigenvalue weighted by atomic mass is 10.1. The Labute approximate surface area is 124 Å². The minimum absolute atomic E-state index is 0.122. The van der Waals surface area contributed by atoms with E-state index in [2.05, 4.69) is 18.0 Å². The molecule has 1 saturated heterocycles. The minimum atomic E-state index is -1.37. The molecule has 1 heterocycles. The standard InChI is InChI=1S/C17H28FNSi/c1-20(2,17-10-8-16(18)9-11-17)15-7-6-14-19-12-4-3-5-13-19/h8-11H,3-7,12-15H2,1-2H3. The van der Waals surface area contributed by atoms with Gasteiger partial charge in [0.2, 0.25) is 0 Å². The first-order valence-electron chi connectivity index (χ1n) is 8.06. The average molecular weight is 294 g/mol. The van der Waals surface area contributed by atoms with Crippen LogP contribution in [0.1, 0.15) is 32.1 Å². The van der Waals surface area contributed by atoms with E-state index < -0.39 is 8.07 Å². The van der Waals surface area contributed by atoms with Crippen molar-refractivity contribution in [2.24, 2.45) is 0 Å². The van der Waals surface area contributed by atoms with Gasteiger partial charge in [-0.3, -0.25) is 0 Å². The van der Waals surface area contributed by atoms with Crippen molar-refractivity contribution < 1.29 is 4.39 Å². The first-order chi connectivity index (χ1) is 9.58. The number of rotatable bonds is 6. The van der Waals surface area contributed by atoms with Gasteiger partial charge in [-0.1, -0.05) is 49.3 Å². The van der Waals surface area contributed by atoms with Gasteiger partial charge in [0.15, 0.2) is 0 Å². The SMILES string of the molecule is C[Si](C)(CCCCN1CCCCC1)c1ccc(F)cc1. The van der Waals surface area contributed by atoms with Crippen LogP contribution in [0.25, 0.3) is 0 Å². The first kappa shape index (κ1) is 15.7. The van der Waals surface area contributed by atoms with Crippen LogP contribution in [0, 0.1) is 5.82 Å². The lowest BCUT2D eigenvalue weighted by molar-refractivity contribution is 0.226. The Morgan fingerprint density at radius 3 is 2.30 bits per heavy atom. The van der Waals surface area contributed by atoms with Gasteiger partial charge in [-0.05, 0) is 51.0 Å². The average Bonchev–Trinajstić information content (AvgIpc) is 2.45. The third-order valence-electron chi connectivity index (χ3n) is 4.60. The summed E-state index contributed by atoms with van der Waals surface area (Å²) in [6.07, 6.45) is 6.82. The van der Waals surface area contributed by atoms with Gasteiger partial charge >= 0.3 is 0 Å². The van der Waals surface area contributed by atoms with Crippen LogP contribution in [0.15, 0.2) is 24.3 Å². The summed E-state index contributed by atoms with van der Waals surface area (Å²) in [5.41, 5.74) is 0. The third-order valence-corrected chi connectivity index (χ3v) is 8.10. The molecule has 1 nitrogen and oxygen atoms in total. The van der Waals surface area contributed by atoms with Gasteiger partial charge in [0.1, 0.15) is 5.82 Å². The van der Waals surface area contributed by atoms with Gasteiger partial charge in [0.05, 0.1) is 8.07 Å². The van der Waals surface area contributed by atoms with Crippen LogP contribution in [0.2, 0.25) is 19.1 Å². The lowest BCUT2D eigenvalue weighted by Gasteiger charge is -2.27. The highest BCUT2D eigenvalue weighted by Crippen LogP contribution is 2.16. The van der Waals surface area contributed by atoms with E-state index >= 15 is 0 Å². The number of hydrogen-bond acceptors (Lipinski definition) is 1. The van der Waals surface area contributed by atoms with E-state index in [1.807, 2.05) is 12.1 Å². The van der Waals surface area contributed by atoms with Gasteiger partial charge in [-0.2, -0.15) is 0 Å². The molecule has 1 aromatic carbocycles. The maximum atomic E-state index is 13.0. The number of halogens is 1. The Hall–Kier alpha value is -0.673. The highest BCUT2D eigenvalue weighted by atomic mass is 28.3. The van der Waals surface area contributed by atoms with E-state index in [1.165, 1.54) is 63.0 Å². The zero-order valence-electron chi connectivity index (χ0n) is 13.0. The number of likely N-dealkylation sites (tertiary alicyclic amines) is 1. The van der Waals surface area contributed by atoms with Gasteiger partial charge in [0.25, 0.3) is 0 Å². The molecule has 0 radical (unpaired) electrons. The lowest BCUT2D eigenvalue weighted by Crippen LogP contribution is -2.41. The molecule has 1 aromatic rings. The second kappa shape index (κ2) is 7.37. The van der Waals surface area contributed by atoms with Crippen molar-refractivity contribution in [1.82, 2.24) is 4.90 Å². The molecule has 20 heavy (non-hydrogen) atoms. The zero-order valence-corrected chi connectivity index (χ0v) is 14.0. The van der Waals surface area contributed by atoms with Crippen molar-refractivity contribution >= 4 is 13.3 Å². The molecule has 0 spiro atoms. The normalized spacial score (nSPS) is 17.4. The molecule has 0 amide bonds. The molecule has 0 saturated carbocycles. The molecule has 0 bridgehead atoms. The van der Waals surface area contributed by atoms with Crippen molar-refractivity contribution in [2.45, 2.75) is 51.2 Å². The van der Waals surface area contributed by atoms with E-state index in [0.717, 1.165) is 0 Å². The monoisotopic (exact) mass is 293 g/mol. The quantitative estimate of drug-likeness (QED) is 0.566. The molecule has 1 aliphatic heterocycles. The molecule has 0 aromatic heterocycles. The van der Waals surface area contributed by atoms with Crippen molar-refractivity contribution in [3.05, 3.63) is 30.1 Å². The predicted octanol–water partition coefficient (Wildman–Crippen LogP) is 4.01. The summed E-state index contributed by atoms with van der Waals surface area (Å²) in [5, 5.41) is 1.39. The Bertz CT molecular complexity index is 396. The molecule has 2 rings (SSSR count). The first-order valence-corrected chi connectivity index (χ1v) is 11.3. The zero-order chi connectivity index (χ0) is 14.4. The minimum Gasteiger partial charge on any atom is -0.303 e. The molecule has 0 aliphatic carbocycles. The third kappa shape index (κ3) is 4.71. The fraction of sp³-hybridized carbons (Fsp3) is 0.647. The van der Waals surface area contributed by atoms with Crippen molar-refractivity contribution in [3.8, 4) is 0 Å². The van der Waals surface area contributed by atoms with Gasteiger partial charge in [0, 0.05) is 0 Å². The topological polar surface area (TPSA) is 3.24 Å². The maximum Gasteiger partial charge on any atom is 0.123 e. The predicted molar refractivity (Wildman–Crippen MR) is 87.8 cm³/mol. The second-order valence-electron chi connectivity index (χ2n) is 6.75. The van der Waals surface area contributed by atoms with Gasteiger partial charge in [-0.15, -0.1) is 0 Å². The Morgan fingerprint density at radius 2 is 1.65 bits per heavy atom. The van der Waals surface area contributed by atoms with Crippen molar-refractivity contribution in [3.63, 3.8) is 0 Å². The highest BCUT2D eigenvalue weighted by molar-refractivity contribution is 6.89. The van der Waals surface area contributed by atoms with Crippen LogP contribution >= 0.6 is 0 Å². The smallest absolute Gasteiger partial charge is 0.123 e. The molecule has 112 valence electrons. The summed E-state index contributed by atoms with van der Waals surface area (Å²) in [5.74, 6) is -0.122. The molecular formula is C17H28FNSi. The largest absolute Gasteiger partial charge is 0.303 e. The molecule has 1 fully saturated rings. The molecule has 0 unspecified atom stereocenters. The van der Waals surface area contributed by atoms with Crippen LogP contribution in [0.3, 0.4) is 0 Å². The molecule has 0 N–H and O–H groups in total. The summed E-state index contributed by atoms with van der Waals surface area (Å²) in [7, 11) is -1.37. The van der Waals surface area contributed by atoms with Crippen molar-refractivity contribution in [2.75, 3.05) is 19.6 Å². The Balaban J connectivity index is 1.73. The van der Waals surface area contributed by atoms with Gasteiger partial charge < -0.3 is 4.90 Å². The summed E-state index contributed by atoms with van der Waals surface area (Å²) < 4.78 is 13.0. The Kier molecular flexibility index (Phi) is 5.79. The van der Waals surface area contributed by atoms with Crippen LogP contribution in [-0.2, 0) is 0 Å².